The molecule has 0 fully saturated rings. The summed E-state index contributed by atoms with van der Waals surface area (Å²) in [5, 5.41) is 0. The molecule has 0 aromatic heterocycles. The standard InChI is InChI=1S/2C14H27.Ni/c2*1-3-5-7-9-11-13-14-12-10-8-6-4-2;/h2*1,3H,4-14H2,2H3;/q2*-1;+2. The molecule has 0 N–H and O–H groups in total. The van der Waals surface area contributed by atoms with Crippen LogP contribution in [0.4, 0.5) is 0 Å². The molecule has 0 aliphatic rings. The summed E-state index contributed by atoms with van der Waals surface area (Å²) in [7, 11) is 0. The molecule has 1 heteroatoms. The second kappa shape index (κ2) is 35.4. The summed E-state index contributed by atoms with van der Waals surface area (Å²) in [5.41, 5.74) is 0. The Morgan fingerprint density at radius 3 is 0.793 bits per heavy atom. The zero-order valence-corrected chi connectivity index (χ0v) is 21.2. The van der Waals surface area contributed by atoms with Gasteiger partial charge in [0.05, 0.1) is 0 Å². The van der Waals surface area contributed by atoms with Crippen molar-refractivity contribution in [3.05, 3.63) is 25.3 Å². The van der Waals surface area contributed by atoms with Crippen LogP contribution < -0.4 is 0 Å². The van der Waals surface area contributed by atoms with Gasteiger partial charge in [-0.25, -0.2) is 0 Å². The molecule has 0 unspecified atom stereocenters. The summed E-state index contributed by atoms with van der Waals surface area (Å²) in [6.45, 7) is 15.2. The van der Waals surface area contributed by atoms with Crippen molar-refractivity contribution in [3.63, 3.8) is 0 Å². The van der Waals surface area contributed by atoms with E-state index in [0.29, 0.717) is 0 Å². The fourth-order valence-corrected chi connectivity index (χ4v) is 3.50. The van der Waals surface area contributed by atoms with Crippen molar-refractivity contribution in [2.24, 2.45) is 0 Å². The molecule has 0 atom stereocenters. The van der Waals surface area contributed by atoms with Crippen molar-refractivity contribution in [1.82, 2.24) is 0 Å². The Hall–Kier alpha value is -0.0265. The molecule has 0 aliphatic heterocycles. The third-order valence-electron chi connectivity index (χ3n) is 5.45. The molecule has 0 spiro atoms. The van der Waals surface area contributed by atoms with Crippen molar-refractivity contribution in [2.75, 3.05) is 0 Å². The molecular weight excluding hydrogens is 395 g/mol. The van der Waals surface area contributed by atoms with Crippen LogP contribution in [0.2, 0.25) is 0 Å². The maximum atomic E-state index is 5.31. The molecule has 0 aliphatic carbocycles. The van der Waals surface area contributed by atoms with Crippen LogP contribution in [0.15, 0.2) is 12.2 Å². The predicted octanol–water partition coefficient (Wildman–Crippen LogP) is 10.6. The van der Waals surface area contributed by atoms with Gasteiger partial charge in [-0.15, -0.1) is 0 Å². The topological polar surface area (TPSA) is 0 Å². The van der Waals surface area contributed by atoms with Crippen LogP contribution in [-0.4, -0.2) is 0 Å². The first-order chi connectivity index (χ1) is 13.8. The summed E-state index contributed by atoms with van der Waals surface area (Å²) in [6, 6.07) is 0. The number of hydrogen-bond donors (Lipinski definition) is 0. The Morgan fingerprint density at radius 2 is 0.586 bits per heavy atom. The van der Waals surface area contributed by atoms with Gasteiger partial charge in [0.25, 0.3) is 0 Å². The van der Waals surface area contributed by atoms with E-state index in [4.69, 9.17) is 13.2 Å². The van der Waals surface area contributed by atoms with Gasteiger partial charge >= 0.3 is 16.5 Å². The first-order valence-electron chi connectivity index (χ1n) is 12.9. The Labute approximate surface area is 196 Å². The van der Waals surface area contributed by atoms with E-state index < -0.39 is 0 Å². The number of hydrogen-bond acceptors (Lipinski definition) is 0. The molecule has 29 heavy (non-hydrogen) atoms. The molecular formula is C28H54Ni. The van der Waals surface area contributed by atoms with Crippen LogP contribution in [0.5, 0.6) is 0 Å². The zero-order chi connectivity index (χ0) is 21.0. The first kappa shape index (κ1) is 33.6. The second-order valence-electron chi connectivity index (χ2n) is 8.41. The number of allylic oxidation sites excluding steroid dienone is 2. The minimum Gasteiger partial charge on any atom is -0.518 e. The van der Waals surface area contributed by atoms with Gasteiger partial charge in [-0.1, -0.05) is 155 Å². The summed E-state index contributed by atoms with van der Waals surface area (Å²) < 4.78 is 0. The Bertz CT molecular complexity index is 243. The molecule has 176 valence electrons. The maximum Gasteiger partial charge on any atom is 2.00 e. The minimum absolute atomic E-state index is 0. The van der Waals surface area contributed by atoms with Crippen LogP contribution in [0.25, 0.3) is 0 Å². The van der Waals surface area contributed by atoms with Gasteiger partial charge in [0.15, 0.2) is 0 Å². The number of rotatable bonds is 22. The molecule has 0 radical (unpaired) electrons. The van der Waals surface area contributed by atoms with Gasteiger partial charge in [-0.3, -0.25) is 12.2 Å². The van der Waals surface area contributed by atoms with E-state index in [2.05, 4.69) is 13.8 Å². The van der Waals surface area contributed by atoms with Crippen LogP contribution in [0.1, 0.15) is 155 Å². The predicted molar refractivity (Wildman–Crippen MR) is 131 cm³/mol. The van der Waals surface area contributed by atoms with E-state index in [1.807, 2.05) is 0 Å². The molecule has 0 saturated heterocycles. The molecule has 0 heterocycles. The molecule has 0 rings (SSSR count). The summed E-state index contributed by atoms with van der Waals surface area (Å²) in [5.74, 6) is 0. The van der Waals surface area contributed by atoms with Gasteiger partial charge in [-0.2, -0.15) is 0 Å². The van der Waals surface area contributed by atoms with E-state index in [0.717, 1.165) is 12.8 Å². The Kier molecular flexibility index (Phi) is 41.0. The van der Waals surface area contributed by atoms with Gasteiger partial charge in [0.1, 0.15) is 0 Å². The van der Waals surface area contributed by atoms with E-state index in [1.165, 1.54) is 128 Å². The quantitative estimate of drug-likeness (QED) is 0.0876. The van der Waals surface area contributed by atoms with Gasteiger partial charge < -0.3 is 13.2 Å². The van der Waals surface area contributed by atoms with E-state index in [1.54, 1.807) is 12.2 Å². The van der Waals surface area contributed by atoms with Crippen LogP contribution in [0, 0.1) is 13.2 Å². The second-order valence-corrected chi connectivity index (χ2v) is 8.41. The summed E-state index contributed by atoms with van der Waals surface area (Å²) in [4.78, 5) is 0. The zero-order valence-electron chi connectivity index (χ0n) is 20.2. The van der Waals surface area contributed by atoms with E-state index in [-0.39, 0.29) is 16.5 Å². The minimum atomic E-state index is 0. The van der Waals surface area contributed by atoms with Crippen LogP contribution in [-0.2, 0) is 16.5 Å². The average molecular weight is 449 g/mol. The summed E-state index contributed by atoms with van der Waals surface area (Å²) >= 11 is 0. The van der Waals surface area contributed by atoms with E-state index >= 15 is 0 Å². The van der Waals surface area contributed by atoms with Gasteiger partial charge in [-0.05, 0) is 0 Å². The van der Waals surface area contributed by atoms with Crippen LogP contribution >= 0.6 is 0 Å². The maximum absolute atomic E-state index is 5.31. The average Bonchev–Trinajstić information content (AvgIpc) is 2.71. The smallest absolute Gasteiger partial charge is 0.518 e. The molecule has 0 amide bonds. The van der Waals surface area contributed by atoms with Crippen molar-refractivity contribution >= 4 is 0 Å². The largest absolute Gasteiger partial charge is 2.00 e. The fraction of sp³-hybridized carbons (Fsp3) is 0.857. The van der Waals surface area contributed by atoms with E-state index in [9.17, 15) is 0 Å². The van der Waals surface area contributed by atoms with Crippen molar-refractivity contribution in [2.45, 2.75) is 155 Å². The van der Waals surface area contributed by atoms with Crippen molar-refractivity contribution in [1.29, 1.82) is 0 Å². The van der Waals surface area contributed by atoms with Crippen molar-refractivity contribution < 1.29 is 16.5 Å². The van der Waals surface area contributed by atoms with Crippen molar-refractivity contribution in [3.8, 4) is 0 Å². The molecule has 0 aromatic carbocycles. The summed E-state index contributed by atoms with van der Waals surface area (Å²) in [6.07, 6.45) is 33.8. The molecule has 0 nitrogen and oxygen atoms in total. The molecule has 0 saturated carbocycles. The monoisotopic (exact) mass is 448 g/mol. The Morgan fingerprint density at radius 1 is 0.379 bits per heavy atom. The fourth-order valence-electron chi connectivity index (χ4n) is 3.50. The first-order valence-corrected chi connectivity index (χ1v) is 12.9. The molecule has 0 bridgehead atoms. The van der Waals surface area contributed by atoms with Gasteiger partial charge in [0, 0.05) is 0 Å². The number of unbranched alkanes of at least 4 members (excludes halogenated alkanes) is 20. The normalized spacial score (nSPS) is 10.0. The van der Waals surface area contributed by atoms with Gasteiger partial charge in [0.2, 0.25) is 0 Å². The molecule has 0 aromatic rings. The SMILES string of the molecule is [CH-]=CCCCCCCCCCCCC.[CH-]=CCCCCCCCCCCCC.[Ni+2]. The third kappa shape index (κ3) is 39.1. The Balaban J connectivity index is -0.000000451. The van der Waals surface area contributed by atoms with Crippen LogP contribution in [0.3, 0.4) is 0 Å². The third-order valence-corrected chi connectivity index (χ3v) is 5.45.